The molecule has 84 valence electrons. The first-order valence-corrected chi connectivity index (χ1v) is 5.05. The van der Waals surface area contributed by atoms with Gasteiger partial charge >= 0.3 is 0 Å². The molecule has 0 aromatic heterocycles. The van der Waals surface area contributed by atoms with Crippen molar-refractivity contribution in [3.05, 3.63) is 28.8 Å². The number of phenolic OH excluding ortho intramolecular Hbond substituents is 1. The molecule has 0 aliphatic carbocycles. The van der Waals surface area contributed by atoms with Crippen LogP contribution in [-0.2, 0) is 0 Å². The first kappa shape index (κ1) is 12.3. The maximum atomic E-state index is 11.8. The van der Waals surface area contributed by atoms with Crippen LogP contribution in [0, 0.1) is 11.3 Å². The van der Waals surface area contributed by atoms with E-state index >= 15 is 0 Å². The molecule has 0 radical (unpaired) electrons. The number of benzene rings is 1. The second kappa shape index (κ2) is 5.38. The van der Waals surface area contributed by atoms with Crippen LogP contribution in [0.3, 0.4) is 0 Å². The van der Waals surface area contributed by atoms with Gasteiger partial charge in [0, 0.05) is 18.6 Å². The first-order chi connectivity index (χ1) is 7.56. The van der Waals surface area contributed by atoms with Crippen molar-refractivity contribution < 1.29 is 9.90 Å². The van der Waals surface area contributed by atoms with Crippen LogP contribution in [-0.4, -0.2) is 29.5 Å². The van der Waals surface area contributed by atoms with Gasteiger partial charge in [-0.15, -0.1) is 0 Å². The Hall–Kier alpha value is -1.73. The SMILES string of the molecule is CN(CCC#N)C(=O)c1ccc(Cl)cc1O. The van der Waals surface area contributed by atoms with E-state index in [0.717, 1.165) is 0 Å². The van der Waals surface area contributed by atoms with E-state index in [1.807, 2.05) is 6.07 Å². The number of carbonyl (C=O) groups excluding carboxylic acids is 1. The highest BCUT2D eigenvalue weighted by Crippen LogP contribution is 2.22. The molecular weight excluding hydrogens is 228 g/mol. The summed E-state index contributed by atoms with van der Waals surface area (Å²) in [6.07, 6.45) is 0.261. The molecule has 0 atom stereocenters. The van der Waals surface area contributed by atoms with E-state index < -0.39 is 0 Å². The summed E-state index contributed by atoms with van der Waals surface area (Å²) in [4.78, 5) is 13.2. The fourth-order valence-electron chi connectivity index (χ4n) is 1.21. The van der Waals surface area contributed by atoms with Gasteiger partial charge in [0.15, 0.2) is 0 Å². The summed E-state index contributed by atoms with van der Waals surface area (Å²) in [5.74, 6) is -0.481. The van der Waals surface area contributed by atoms with Crippen LogP contribution >= 0.6 is 11.6 Å². The number of rotatable bonds is 3. The quantitative estimate of drug-likeness (QED) is 0.876. The Morgan fingerprint density at radius 1 is 1.62 bits per heavy atom. The van der Waals surface area contributed by atoms with Crippen LogP contribution < -0.4 is 0 Å². The van der Waals surface area contributed by atoms with Crippen LogP contribution in [0.25, 0.3) is 0 Å². The Morgan fingerprint density at radius 3 is 2.88 bits per heavy atom. The molecule has 0 unspecified atom stereocenters. The van der Waals surface area contributed by atoms with Gasteiger partial charge in [-0.05, 0) is 18.2 Å². The van der Waals surface area contributed by atoms with Gasteiger partial charge in [-0.25, -0.2) is 0 Å². The molecule has 0 fully saturated rings. The summed E-state index contributed by atoms with van der Waals surface area (Å²) in [5.41, 5.74) is 0.185. The van der Waals surface area contributed by atoms with E-state index in [2.05, 4.69) is 0 Å². The molecule has 4 nitrogen and oxygen atoms in total. The van der Waals surface area contributed by atoms with E-state index in [-0.39, 0.29) is 23.6 Å². The summed E-state index contributed by atoms with van der Waals surface area (Å²) >= 11 is 5.66. The minimum absolute atomic E-state index is 0.152. The molecular formula is C11H11ClN2O2. The predicted molar refractivity (Wildman–Crippen MR) is 60.3 cm³/mol. The van der Waals surface area contributed by atoms with Gasteiger partial charge in [0.05, 0.1) is 18.1 Å². The molecule has 0 spiro atoms. The number of nitriles is 1. The highest BCUT2D eigenvalue weighted by molar-refractivity contribution is 6.30. The molecule has 0 saturated heterocycles. The molecule has 5 heteroatoms. The van der Waals surface area contributed by atoms with E-state index in [1.165, 1.54) is 23.1 Å². The third-order valence-corrected chi connectivity index (χ3v) is 2.33. The van der Waals surface area contributed by atoms with Crippen LogP contribution in [0.1, 0.15) is 16.8 Å². The van der Waals surface area contributed by atoms with Gasteiger partial charge < -0.3 is 10.0 Å². The zero-order valence-corrected chi connectivity index (χ0v) is 9.53. The molecule has 1 rings (SSSR count). The summed E-state index contributed by atoms with van der Waals surface area (Å²) < 4.78 is 0. The van der Waals surface area contributed by atoms with Crippen molar-refractivity contribution in [1.82, 2.24) is 4.90 Å². The summed E-state index contributed by atoms with van der Waals surface area (Å²) in [7, 11) is 1.58. The molecule has 16 heavy (non-hydrogen) atoms. The number of carbonyl (C=O) groups is 1. The predicted octanol–water partition coefficient (Wildman–Crippen LogP) is 2.03. The topological polar surface area (TPSA) is 64.3 Å². The third-order valence-electron chi connectivity index (χ3n) is 2.10. The number of aromatic hydroxyl groups is 1. The van der Waals surface area contributed by atoms with E-state index in [9.17, 15) is 9.90 Å². The fraction of sp³-hybridized carbons (Fsp3) is 0.273. The molecule has 0 heterocycles. The lowest BCUT2D eigenvalue weighted by atomic mass is 10.1. The lowest BCUT2D eigenvalue weighted by Gasteiger charge is -2.16. The van der Waals surface area contributed by atoms with Crippen molar-refractivity contribution in [3.8, 4) is 11.8 Å². The number of amides is 1. The molecule has 1 aromatic rings. The van der Waals surface area contributed by atoms with Crippen molar-refractivity contribution in [3.63, 3.8) is 0 Å². The Kier molecular flexibility index (Phi) is 4.15. The number of phenols is 1. The Labute approximate surface area is 98.7 Å². The zero-order valence-electron chi connectivity index (χ0n) is 8.77. The molecule has 0 aliphatic rings. The van der Waals surface area contributed by atoms with Crippen LogP contribution in [0.5, 0.6) is 5.75 Å². The Morgan fingerprint density at radius 2 is 2.31 bits per heavy atom. The van der Waals surface area contributed by atoms with Gasteiger partial charge in [-0.1, -0.05) is 11.6 Å². The smallest absolute Gasteiger partial charge is 0.257 e. The van der Waals surface area contributed by atoms with E-state index in [0.29, 0.717) is 11.6 Å². The molecule has 1 aromatic carbocycles. The number of halogens is 1. The fourth-order valence-corrected chi connectivity index (χ4v) is 1.38. The standard InChI is InChI=1S/C11H11ClN2O2/c1-14(6-2-5-13)11(16)9-4-3-8(12)7-10(9)15/h3-4,7,15H,2,6H2,1H3. The van der Waals surface area contributed by atoms with Crippen LogP contribution in [0.4, 0.5) is 0 Å². The second-order valence-corrected chi connectivity index (χ2v) is 3.73. The molecule has 1 N–H and O–H groups in total. The lowest BCUT2D eigenvalue weighted by Crippen LogP contribution is -2.27. The second-order valence-electron chi connectivity index (χ2n) is 3.30. The maximum absolute atomic E-state index is 11.8. The number of hydrogen-bond donors (Lipinski definition) is 1. The van der Waals surface area contributed by atoms with Crippen molar-refractivity contribution in [2.24, 2.45) is 0 Å². The lowest BCUT2D eigenvalue weighted by molar-refractivity contribution is 0.0795. The van der Waals surface area contributed by atoms with Gasteiger partial charge in [-0.3, -0.25) is 4.79 Å². The monoisotopic (exact) mass is 238 g/mol. The molecule has 1 amide bonds. The van der Waals surface area contributed by atoms with Gasteiger partial charge in [-0.2, -0.15) is 5.26 Å². The minimum atomic E-state index is -0.329. The van der Waals surface area contributed by atoms with Gasteiger partial charge in [0.25, 0.3) is 5.91 Å². The number of hydrogen-bond acceptors (Lipinski definition) is 3. The van der Waals surface area contributed by atoms with E-state index in [1.54, 1.807) is 7.05 Å². The molecule has 0 aliphatic heterocycles. The first-order valence-electron chi connectivity index (χ1n) is 4.67. The van der Waals surface area contributed by atoms with Crippen molar-refractivity contribution >= 4 is 17.5 Å². The number of nitrogens with zero attached hydrogens (tertiary/aromatic N) is 2. The zero-order chi connectivity index (χ0) is 12.1. The molecule has 0 saturated carbocycles. The average molecular weight is 239 g/mol. The molecule has 0 bridgehead atoms. The largest absolute Gasteiger partial charge is 0.507 e. The highest BCUT2D eigenvalue weighted by Gasteiger charge is 2.15. The Balaban J connectivity index is 2.84. The minimum Gasteiger partial charge on any atom is -0.507 e. The van der Waals surface area contributed by atoms with Crippen LogP contribution in [0.2, 0.25) is 5.02 Å². The average Bonchev–Trinajstić information content (AvgIpc) is 2.25. The van der Waals surface area contributed by atoms with Crippen molar-refractivity contribution in [2.75, 3.05) is 13.6 Å². The van der Waals surface area contributed by atoms with Crippen molar-refractivity contribution in [1.29, 1.82) is 5.26 Å². The highest BCUT2D eigenvalue weighted by atomic mass is 35.5. The summed E-state index contributed by atoms with van der Waals surface area (Å²) in [6.45, 7) is 0.331. The maximum Gasteiger partial charge on any atom is 0.257 e. The summed E-state index contributed by atoms with van der Waals surface area (Å²) in [5, 5.41) is 18.3. The normalized spacial score (nSPS) is 9.56. The summed E-state index contributed by atoms with van der Waals surface area (Å²) in [6, 6.07) is 6.26. The van der Waals surface area contributed by atoms with Gasteiger partial charge in [0.1, 0.15) is 5.75 Å². The Bertz CT molecular complexity index is 440. The van der Waals surface area contributed by atoms with Crippen LogP contribution in [0.15, 0.2) is 18.2 Å². The third kappa shape index (κ3) is 2.88. The van der Waals surface area contributed by atoms with Gasteiger partial charge in [0.2, 0.25) is 0 Å². The van der Waals surface area contributed by atoms with Crippen molar-refractivity contribution in [2.45, 2.75) is 6.42 Å². The van der Waals surface area contributed by atoms with E-state index in [4.69, 9.17) is 16.9 Å².